The quantitative estimate of drug-likeness (QED) is 0.608. The van der Waals surface area contributed by atoms with Crippen LogP contribution in [0.1, 0.15) is 32.5 Å². The van der Waals surface area contributed by atoms with Gasteiger partial charge in [0.15, 0.2) is 5.82 Å². The van der Waals surface area contributed by atoms with E-state index in [0.717, 1.165) is 11.0 Å². The fourth-order valence-electron chi connectivity index (χ4n) is 1.40. The molecule has 0 aromatic carbocycles. The van der Waals surface area contributed by atoms with Gasteiger partial charge in [0, 0.05) is 5.92 Å². The molecular formula is C8H16N8. The number of aromatic amines is 1. The topological polar surface area (TPSA) is 97.4 Å². The van der Waals surface area contributed by atoms with Gasteiger partial charge in [-0.05, 0) is 6.92 Å². The van der Waals surface area contributed by atoms with Gasteiger partial charge in [0.25, 0.3) is 0 Å². The lowest BCUT2D eigenvalue weighted by Gasteiger charge is -2.20. The van der Waals surface area contributed by atoms with Crippen LogP contribution in [0.3, 0.4) is 0 Å². The second kappa shape index (κ2) is 4.54. The van der Waals surface area contributed by atoms with Gasteiger partial charge in [0.2, 0.25) is 0 Å². The van der Waals surface area contributed by atoms with Crippen molar-refractivity contribution in [1.29, 1.82) is 0 Å². The minimum atomic E-state index is 0.162. The highest BCUT2D eigenvalue weighted by atomic mass is 15.9. The van der Waals surface area contributed by atoms with Gasteiger partial charge in [-0.25, -0.2) is 0 Å². The average molecular weight is 224 g/mol. The third-order valence-corrected chi connectivity index (χ3v) is 2.39. The number of nitrogens with one attached hydrogen (secondary N) is 3. The Bertz CT molecular complexity index is 356. The monoisotopic (exact) mass is 224 g/mol. The SMILES string of the molecule is CC(C)C1=N[NH+](CC(C)c2nn[nH]n2)[N-]N1. The van der Waals surface area contributed by atoms with E-state index in [2.05, 4.69) is 50.5 Å². The molecule has 0 radical (unpaired) electrons. The van der Waals surface area contributed by atoms with E-state index in [-0.39, 0.29) is 5.92 Å². The number of hydrogen-bond acceptors (Lipinski definition) is 5. The molecule has 16 heavy (non-hydrogen) atoms. The van der Waals surface area contributed by atoms with Crippen LogP contribution in [-0.2, 0) is 0 Å². The van der Waals surface area contributed by atoms with Crippen molar-refractivity contribution in [1.82, 2.24) is 26.0 Å². The van der Waals surface area contributed by atoms with Gasteiger partial charge in [0.05, 0.1) is 5.92 Å². The van der Waals surface area contributed by atoms with Crippen LogP contribution in [0.25, 0.3) is 5.53 Å². The Labute approximate surface area is 93.4 Å². The molecule has 0 aliphatic carbocycles. The summed E-state index contributed by atoms with van der Waals surface area (Å²) >= 11 is 0. The molecule has 8 nitrogen and oxygen atoms in total. The van der Waals surface area contributed by atoms with Crippen LogP contribution >= 0.6 is 0 Å². The van der Waals surface area contributed by atoms with E-state index in [1.54, 1.807) is 0 Å². The predicted octanol–water partition coefficient (Wildman–Crippen LogP) is -1.04. The number of aromatic nitrogens is 4. The number of quaternary nitrogens is 1. The first kappa shape index (κ1) is 11.0. The normalized spacial score (nSPS) is 22.0. The molecule has 2 unspecified atom stereocenters. The standard InChI is InChI=1S/C8H16N8/c1-5(2)7-11-15-16(12-7)4-6(3)8-9-13-14-10-8/h5-6,16H,4H2,1-3H3,(H,11,12)(H,9,10,13,14). The van der Waals surface area contributed by atoms with Gasteiger partial charge in [-0.15, -0.1) is 10.2 Å². The van der Waals surface area contributed by atoms with Gasteiger partial charge in [-0.2, -0.15) is 5.21 Å². The second-order valence-electron chi connectivity index (χ2n) is 4.17. The maximum atomic E-state index is 4.41. The molecule has 0 amide bonds. The van der Waals surface area contributed by atoms with E-state index in [9.17, 15) is 0 Å². The number of tetrazole rings is 1. The van der Waals surface area contributed by atoms with Crippen molar-refractivity contribution in [3.8, 4) is 0 Å². The molecule has 0 fully saturated rings. The van der Waals surface area contributed by atoms with Gasteiger partial charge >= 0.3 is 0 Å². The van der Waals surface area contributed by atoms with E-state index in [1.807, 2.05) is 6.92 Å². The molecule has 88 valence electrons. The van der Waals surface area contributed by atoms with Gasteiger partial charge in [-0.1, -0.05) is 24.2 Å². The Balaban J connectivity index is 1.92. The van der Waals surface area contributed by atoms with Crippen LogP contribution < -0.4 is 10.5 Å². The summed E-state index contributed by atoms with van der Waals surface area (Å²) in [5.41, 5.74) is 7.10. The zero-order valence-electron chi connectivity index (χ0n) is 9.60. The number of hydrogen-bond donors (Lipinski definition) is 3. The summed E-state index contributed by atoms with van der Waals surface area (Å²) in [5, 5.41) is 19.1. The van der Waals surface area contributed by atoms with Crippen LogP contribution in [0.4, 0.5) is 0 Å². The summed E-state index contributed by atoms with van der Waals surface area (Å²) in [6, 6.07) is 0. The van der Waals surface area contributed by atoms with Gasteiger partial charge in [0.1, 0.15) is 12.4 Å². The molecule has 1 aromatic heterocycles. The molecule has 0 spiro atoms. The summed E-state index contributed by atoms with van der Waals surface area (Å²) in [6.07, 6.45) is 0. The van der Waals surface area contributed by atoms with Crippen LogP contribution in [0.2, 0.25) is 0 Å². The summed E-state index contributed by atoms with van der Waals surface area (Å²) in [7, 11) is 0. The van der Waals surface area contributed by atoms with Crippen molar-refractivity contribution in [2.24, 2.45) is 11.0 Å². The van der Waals surface area contributed by atoms with E-state index >= 15 is 0 Å². The average Bonchev–Trinajstić information content (AvgIpc) is 2.87. The zero-order chi connectivity index (χ0) is 11.5. The van der Waals surface area contributed by atoms with E-state index in [4.69, 9.17) is 0 Å². The van der Waals surface area contributed by atoms with Crippen LogP contribution in [0.5, 0.6) is 0 Å². The third kappa shape index (κ3) is 2.34. The molecule has 1 aromatic rings. The fourth-order valence-corrected chi connectivity index (χ4v) is 1.40. The molecular weight excluding hydrogens is 208 g/mol. The van der Waals surface area contributed by atoms with Crippen molar-refractivity contribution >= 4 is 5.84 Å². The van der Waals surface area contributed by atoms with Crippen molar-refractivity contribution in [2.75, 3.05) is 6.54 Å². The highest BCUT2D eigenvalue weighted by Gasteiger charge is 2.19. The number of H-pyrrole nitrogens is 1. The molecule has 3 N–H and O–H groups in total. The molecule has 2 atom stereocenters. The smallest absolute Gasteiger partial charge is 0.183 e. The number of amidine groups is 1. The highest BCUT2D eigenvalue weighted by Crippen LogP contribution is 2.05. The molecule has 2 heterocycles. The Hall–Kier alpha value is -1.54. The number of rotatable bonds is 4. The van der Waals surface area contributed by atoms with Crippen molar-refractivity contribution < 1.29 is 5.12 Å². The molecule has 8 heteroatoms. The lowest BCUT2D eigenvalue weighted by atomic mass is 10.2. The van der Waals surface area contributed by atoms with Crippen LogP contribution in [0, 0.1) is 5.92 Å². The molecule has 1 aliphatic rings. The fraction of sp³-hybridized carbons (Fsp3) is 0.750. The van der Waals surface area contributed by atoms with E-state index < -0.39 is 0 Å². The predicted molar refractivity (Wildman–Crippen MR) is 57.2 cm³/mol. The van der Waals surface area contributed by atoms with Gasteiger partial charge < -0.3 is 11.0 Å². The Kier molecular flexibility index (Phi) is 3.11. The van der Waals surface area contributed by atoms with Crippen molar-refractivity contribution in [2.45, 2.75) is 26.7 Å². The summed E-state index contributed by atoms with van der Waals surface area (Å²) in [5.74, 6) is 2.13. The molecule has 2 rings (SSSR count). The minimum Gasteiger partial charge on any atom is -0.421 e. The molecule has 0 saturated heterocycles. The first-order valence-corrected chi connectivity index (χ1v) is 5.31. The second-order valence-corrected chi connectivity index (χ2v) is 4.17. The minimum absolute atomic E-state index is 0.162. The lowest BCUT2D eigenvalue weighted by Crippen LogP contribution is -3.03. The summed E-state index contributed by atoms with van der Waals surface area (Å²) in [6.45, 7) is 6.89. The lowest BCUT2D eigenvalue weighted by molar-refractivity contribution is -0.868. The Morgan fingerprint density at radius 3 is 2.75 bits per heavy atom. The Morgan fingerprint density at radius 1 is 1.38 bits per heavy atom. The maximum Gasteiger partial charge on any atom is 0.183 e. The van der Waals surface area contributed by atoms with Crippen LogP contribution in [0.15, 0.2) is 5.10 Å². The Morgan fingerprint density at radius 2 is 2.19 bits per heavy atom. The first-order chi connectivity index (χ1) is 7.66. The highest BCUT2D eigenvalue weighted by molar-refractivity contribution is 5.84. The molecule has 1 aliphatic heterocycles. The van der Waals surface area contributed by atoms with Crippen LogP contribution in [-0.4, -0.2) is 33.0 Å². The van der Waals surface area contributed by atoms with Crippen molar-refractivity contribution in [3.63, 3.8) is 0 Å². The van der Waals surface area contributed by atoms with E-state index in [0.29, 0.717) is 18.3 Å². The van der Waals surface area contributed by atoms with Gasteiger partial charge in [-0.3, -0.25) is 5.12 Å². The molecule has 0 bridgehead atoms. The molecule has 0 saturated carbocycles. The first-order valence-electron chi connectivity index (χ1n) is 5.31. The summed E-state index contributed by atoms with van der Waals surface area (Å²) in [4.78, 5) is 0. The summed E-state index contributed by atoms with van der Waals surface area (Å²) < 4.78 is 0. The largest absolute Gasteiger partial charge is 0.421 e. The van der Waals surface area contributed by atoms with E-state index in [1.165, 1.54) is 0 Å². The third-order valence-electron chi connectivity index (χ3n) is 2.39. The number of nitrogens with zero attached hydrogens (tertiary/aromatic N) is 5. The zero-order valence-corrected chi connectivity index (χ0v) is 9.60. The van der Waals surface area contributed by atoms with Crippen molar-refractivity contribution in [3.05, 3.63) is 11.4 Å². The maximum absolute atomic E-state index is 4.41.